The minimum atomic E-state index is -0.812. The highest BCUT2D eigenvalue weighted by molar-refractivity contribution is 5.77. The number of nitro groups is 1. The van der Waals surface area contributed by atoms with Crippen LogP contribution in [0.5, 0.6) is 0 Å². The summed E-state index contributed by atoms with van der Waals surface area (Å²) in [4.78, 5) is 14.7. The van der Waals surface area contributed by atoms with Crippen LogP contribution in [0.4, 0.5) is 5.82 Å². The number of fused-ring (bicyclic) bond motifs is 1. The van der Waals surface area contributed by atoms with Gasteiger partial charge in [-0.05, 0) is 42.0 Å². The average Bonchev–Trinajstić information content (AvgIpc) is 3.08. The van der Waals surface area contributed by atoms with E-state index in [1.54, 1.807) is 6.33 Å². The Morgan fingerprint density at radius 2 is 2.04 bits per heavy atom. The minimum Gasteiger partial charge on any atom is -0.387 e. The first-order valence-corrected chi connectivity index (χ1v) is 7.22. The Morgan fingerprint density at radius 3 is 2.78 bits per heavy atom. The molecule has 0 amide bonds. The molecular weight excluding hydrogens is 298 g/mol. The van der Waals surface area contributed by atoms with E-state index in [9.17, 15) is 15.2 Å². The first-order valence-electron chi connectivity index (χ1n) is 7.22. The summed E-state index contributed by atoms with van der Waals surface area (Å²) in [5.41, 5.74) is 4.11. The first-order chi connectivity index (χ1) is 11.0. The second-order valence-corrected chi connectivity index (χ2v) is 5.60. The fourth-order valence-corrected chi connectivity index (χ4v) is 2.56. The summed E-state index contributed by atoms with van der Waals surface area (Å²) in [6.45, 7) is 4.39. The summed E-state index contributed by atoms with van der Waals surface area (Å²) in [6.07, 6.45) is 2.21. The molecule has 1 aromatic carbocycles. The summed E-state index contributed by atoms with van der Waals surface area (Å²) in [7, 11) is 0. The molecule has 0 saturated heterocycles. The Labute approximate surface area is 132 Å². The van der Waals surface area contributed by atoms with Crippen LogP contribution in [0.25, 0.3) is 11.0 Å². The minimum absolute atomic E-state index is 0.0494. The zero-order chi connectivity index (χ0) is 16.6. The Kier molecular flexibility index (Phi) is 3.83. The molecule has 0 fully saturated rings. The van der Waals surface area contributed by atoms with Crippen molar-refractivity contribution in [2.24, 2.45) is 0 Å². The number of benzene rings is 1. The molecule has 0 aliphatic carbocycles. The van der Waals surface area contributed by atoms with Crippen LogP contribution in [0, 0.1) is 24.0 Å². The third kappa shape index (κ3) is 2.93. The van der Waals surface area contributed by atoms with E-state index in [4.69, 9.17) is 0 Å². The van der Waals surface area contributed by atoms with Crippen molar-refractivity contribution in [3.8, 4) is 0 Å². The van der Waals surface area contributed by atoms with Gasteiger partial charge in [-0.15, -0.1) is 4.68 Å². The van der Waals surface area contributed by atoms with Crippen LogP contribution in [0.2, 0.25) is 0 Å². The lowest BCUT2D eigenvalue weighted by molar-refractivity contribution is -0.392. The molecule has 2 aromatic heterocycles. The van der Waals surface area contributed by atoms with E-state index < -0.39 is 11.0 Å². The molecular formula is C15H17N5O3. The molecule has 0 radical (unpaired) electrons. The predicted octanol–water partition coefficient (Wildman–Crippen LogP) is 1.82. The van der Waals surface area contributed by atoms with Crippen LogP contribution in [0.3, 0.4) is 0 Å². The summed E-state index contributed by atoms with van der Waals surface area (Å²) >= 11 is 0. The topological polar surface area (TPSA) is 99.0 Å². The van der Waals surface area contributed by atoms with Crippen LogP contribution < -0.4 is 0 Å². The molecule has 2 heterocycles. The Balaban J connectivity index is 1.80. The van der Waals surface area contributed by atoms with E-state index >= 15 is 0 Å². The van der Waals surface area contributed by atoms with Gasteiger partial charge in [-0.2, -0.15) is 0 Å². The normalized spacial score (nSPS) is 12.7. The number of aliphatic hydroxyl groups is 1. The van der Waals surface area contributed by atoms with Crippen molar-refractivity contribution in [2.75, 3.05) is 0 Å². The maximum atomic E-state index is 10.9. The maximum absolute atomic E-state index is 10.9. The van der Waals surface area contributed by atoms with Crippen molar-refractivity contribution in [1.82, 2.24) is 19.3 Å². The Hall–Kier alpha value is -2.74. The number of aromatic nitrogens is 4. The standard InChI is InChI=1S/C15H17N5O3/c1-10-5-13-14(6-11(10)2)18(9-16-13)7-12(21)8-19-15(20(22)23)3-4-17-19/h3-6,9,12,21H,7-8H2,1-2H3. The van der Waals surface area contributed by atoms with Gasteiger partial charge < -0.3 is 19.8 Å². The second kappa shape index (κ2) is 5.81. The number of imidazole rings is 1. The molecule has 0 bridgehead atoms. The molecule has 0 aliphatic heterocycles. The molecule has 8 heteroatoms. The third-order valence-electron chi connectivity index (χ3n) is 3.91. The molecule has 0 saturated carbocycles. The first kappa shape index (κ1) is 15.2. The number of aryl methyl sites for hydroxylation is 2. The molecule has 8 nitrogen and oxygen atoms in total. The molecule has 1 atom stereocenters. The highest BCUT2D eigenvalue weighted by Crippen LogP contribution is 2.19. The molecule has 1 N–H and O–H groups in total. The number of rotatable bonds is 5. The Bertz CT molecular complexity index is 867. The lowest BCUT2D eigenvalue weighted by Gasteiger charge is -2.11. The number of hydrogen-bond acceptors (Lipinski definition) is 5. The quantitative estimate of drug-likeness (QED) is 0.572. The predicted molar refractivity (Wildman–Crippen MR) is 84.1 cm³/mol. The van der Waals surface area contributed by atoms with Crippen LogP contribution in [0.15, 0.2) is 30.7 Å². The average molecular weight is 315 g/mol. The van der Waals surface area contributed by atoms with Gasteiger partial charge in [-0.25, -0.2) is 4.98 Å². The smallest absolute Gasteiger partial charge is 0.344 e. The van der Waals surface area contributed by atoms with Crippen LogP contribution >= 0.6 is 0 Å². The number of nitrogens with zero attached hydrogens (tertiary/aromatic N) is 5. The van der Waals surface area contributed by atoms with Gasteiger partial charge in [0.1, 0.15) is 12.6 Å². The van der Waals surface area contributed by atoms with E-state index in [1.807, 2.05) is 30.5 Å². The summed E-state index contributed by atoms with van der Waals surface area (Å²) in [6, 6.07) is 5.35. The van der Waals surface area contributed by atoms with Crippen molar-refractivity contribution >= 4 is 16.9 Å². The zero-order valence-electron chi connectivity index (χ0n) is 12.9. The van der Waals surface area contributed by atoms with E-state index in [0.717, 1.165) is 22.2 Å². The van der Waals surface area contributed by atoms with Crippen LogP contribution in [-0.4, -0.2) is 35.5 Å². The van der Waals surface area contributed by atoms with Crippen LogP contribution in [-0.2, 0) is 13.1 Å². The summed E-state index contributed by atoms with van der Waals surface area (Å²) < 4.78 is 3.04. The fraction of sp³-hybridized carbons (Fsp3) is 0.333. The van der Waals surface area contributed by atoms with Gasteiger partial charge in [-0.3, -0.25) is 0 Å². The molecule has 0 spiro atoms. The van der Waals surface area contributed by atoms with Gasteiger partial charge >= 0.3 is 5.82 Å². The highest BCUT2D eigenvalue weighted by Gasteiger charge is 2.18. The zero-order valence-corrected chi connectivity index (χ0v) is 12.9. The van der Waals surface area contributed by atoms with Crippen LogP contribution in [0.1, 0.15) is 11.1 Å². The van der Waals surface area contributed by atoms with Gasteiger partial charge in [0.05, 0.1) is 36.2 Å². The maximum Gasteiger partial charge on any atom is 0.344 e. The summed E-state index contributed by atoms with van der Waals surface area (Å²) in [5.74, 6) is -0.133. The summed E-state index contributed by atoms with van der Waals surface area (Å²) in [5, 5.41) is 25.0. The lowest BCUT2D eigenvalue weighted by atomic mass is 10.1. The molecule has 1 unspecified atom stereocenters. The Morgan fingerprint density at radius 1 is 1.30 bits per heavy atom. The lowest BCUT2D eigenvalue weighted by Crippen LogP contribution is -2.23. The molecule has 3 aromatic rings. The van der Waals surface area contributed by atoms with Crippen molar-refractivity contribution in [2.45, 2.75) is 33.0 Å². The van der Waals surface area contributed by atoms with Crippen molar-refractivity contribution < 1.29 is 10.0 Å². The number of aliphatic hydroxyl groups excluding tert-OH is 1. The molecule has 23 heavy (non-hydrogen) atoms. The third-order valence-corrected chi connectivity index (χ3v) is 3.91. The van der Waals surface area contributed by atoms with Gasteiger partial charge in [0.2, 0.25) is 0 Å². The molecule has 120 valence electrons. The largest absolute Gasteiger partial charge is 0.387 e. The second-order valence-electron chi connectivity index (χ2n) is 5.60. The van der Waals surface area contributed by atoms with Gasteiger partial charge in [0, 0.05) is 0 Å². The SMILES string of the molecule is Cc1cc2ncn(CC(O)Cn3nccc3[N+](=O)[O-])c2cc1C. The highest BCUT2D eigenvalue weighted by atomic mass is 16.6. The van der Waals surface area contributed by atoms with E-state index in [-0.39, 0.29) is 18.9 Å². The van der Waals surface area contributed by atoms with Gasteiger partial charge in [-0.1, -0.05) is 5.10 Å². The van der Waals surface area contributed by atoms with Crippen molar-refractivity contribution in [3.05, 3.63) is 52.0 Å². The monoisotopic (exact) mass is 315 g/mol. The van der Waals surface area contributed by atoms with Gasteiger partial charge in [0.25, 0.3) is 0 Å². The van der Waals surface area contributed by atoms with E-state index in [1.165, 1.54) is 16.9 Å². The van der Waals surface area contributed by atoms with E-state index in [2.05, 4.69) is 10.1 Å². The fourth-order valence-electron chi connectivity index (χ4n) is 2.56. The van der Waals surface area contributed by atoms with Crippen molar-refractivity contribution in [3.63, 3.8) is 0 Å². The van der Waals surface area contributed by atoms with E-state index in [0.29, 0.717) is 0 Å². The van der Waals surface area contributed by atoms with Gasteiger partial charge in [0.15, 0.2) is 0 Å². The number of hydrogen-bond donors (Lipinski definition) is 1. The molecule has 0 aliphatic rings. The van der Waals surface area contributed by atoms with Crippen molar-refractivity contribution in [1.29, 1.82) is 0 Å². The molecule has 3 rings (SSSR count).